The van der Waals surface area contributed by atoms with Crippen LogP contribution in [0.1, 0.15) is 42.1 Å². The number of aromatic nitrogens is 1. The van der Waals surface area contributed by atoms with Gasteiger partial charge in [-0.05, 0) is 49.6 Å². The minimum Gasteiger partial charge on any atom is -0.450 e. The molecule has 0 saturated carbocycles. The predicted octanol–water partition coefficient (Wildman–Crippen LogP) is 4.50. The third kappa shape index (κ3) is 3.43. The molecule has 27 heavy (non-hydrogen) atoms. The lowest BCUT2D eigenvalue weighted by molar-refractivity contribution is 0.104. The molecular weight excluding hydrogens is 360 g/mol. The van der Waals surface area contributed by atoms with Gasteiger partial charge in [0.15, 0.2) is 0 Å². The first-order valence-electron chi connectivity index (χ1n) is 9.08. The highest BCUT2D eigenvalue weighted by Crippen LogP contribution is 2.36. The van der Waals surface area contributed by atoms with E-state index >= 15 is 0 Å². The first-order valence-corrected chi connectivity index (χ1v) is 9.46. The number of ether oxygens (including phenoxy) is 1. The fourth-order valence-corrected chi connectivity index (χ4v) is 3.76. The Morgan fingerprint density at radius 1 is 1.22 bits per heavy atom. The van der Waals surface area contributed by atoms with E-state index < -0.39 is 0 Å². The van der Waals surface area contributed by atoms with Gasteiger partial charge in [-0.3, -0.25) is 4.98 Å². The maximum absolute atomic E-state index is 12.0. The van der Waals surface area contributed by atoms with Crippen LogP contribution in [-0.2, 0) is 4.74 Å². The summed E-state index contributed by atoms with van der Waals surface area (Å²) in [4.78, 5) is 18.4. The Morgan fingerprint density at radius 2 is 2.00 bits per heavy atom. The minimum atomic E-state index is -0.239. The van der Waals surface area contributed by atoms with Gasteiger partial charge in [0.05, 0.1) is 17.9 Å². The SMILES string of the molecule is CCOC(=O)N1CCC(=C2c3ccc(Cl)cc3C#Cc3cccnc32)CC1. The van der Waals surface area contributed by atoms with Crippen molar-refractivity contribution in [2.24, 2.45) is 0 Å². The summed E-state index contributed by atoms with van der Waals surface area (Å²) in [7, 11) is 0. The fraction of sp³-hybridized carbons (Fsp3) is 0.273. The van der Waals surface area contributed by atoms with E-state index in [9.17, 15) is 4.79 Å². The summed E-state index contributed by atoms with van der Waals surface area (Å²) in [6.07, 6.45) is 3.13. The Kier molecular flexibility index (Phi) is 4.87. The number of carbonyl (C=O) groups excluding carboxylic acids is 1. The molecule has 0 unspecified atom stereocenters. The normalized spacial score (nSPS) is 15.3. The topological polar surface area (TPSA) is 42.4 Å². The highest BCUT2D eigenvalue weighted by atomic mass is 35.5. The number of halogens is 1. The van der Waals surface area contributed by atoms with Crippen molar-refractivity contribution >= 4 is 23.3 Å². The predicted molar refractivity (Wildman–Crippen MR) is 106 cm³/mol. The number of fused-ring (bicyclic) bond motifs is 2. The zero-order valence-electron chi connectivity index (χ0n) is 15.1. The smallest absolute Gasteiger partial charge is 0.409 e. The standard InChI is InChI=1S/C22H19ClN2O2/c1-2-27-22(26)25-12-9-15(10-13-25)20-19-8-7-18(23)14-17(19)6-5-16-4-3-11-24-21(16)20/h3-4,7-8,11,14H,2,9-10,12-13H2,1H3. The van der Waals surface area contributed by atoms with Gasteiger partial charge in [0, 0.05) is 35.4 Å². The summed E-state index contributed by atoms with van der Waals surface area (Å²) in [6, 6.07) is 9.73. The Balaban J connectivity index is 1.78. The van der Waals surface area contributed by atoms with Crippen LogP contribution in [0.2, 0.25) is 5.02 Å². The second-order valence-corrected chi connectivity index (χ2v) is 6.94. The molecule has 0 radical (unpaired) electrons. The molecule has 2 aliphatic rings. The van der Waals surface area contributed by atoms with Crippen LogP contribution in [0, 0.1) is 11.8 Å². The molecule has 0 bridgehead atoms. The number of piperidine rings is 1. The number of hydrogen-bond donors (Lipinski definition) is 0. The molecule has 0 atom stereocenters. The summed E-state index contributed by atoms with van der Waals surface area (Å²) >= 11 is 6.20. The molecule has 136 valence electrons. The molecule has 2 aromatic rings. The van der Waals surface area contributed by atoms with E-state index in [0.717, 1.165) is 40.8 Å². The maximum Gasteiger partial charge on any atom is 0.409 e. The number of amides is 1. The summed E-state index contributed by atoms with van der Waals surface area (Å²) in [6.45, 7) is 3.50. The van der Waals surface area contributed by atoms with Crippen LogP contribution < -0.4 is 0 Å². The lowest BCUT2D eigenvalue weighted by Crippen LogP contribution is -2.37. The molecule has 0 spiro atoms. The van der Waals surface area contributed by atoms with Crippen LogP contribution in [0.3, 0.4) is 0 Å². The van der Waals surface area contributed by atoms with E-state index in [1.807, 2.05) is 37.3 Å². The molecule has 4 nitrogen and oxygen atoms in total. The number of likely N-dealkylation sites (tertiary alicyclic amines) is 1. The highest BCUT2D eigenvalue weighted by Gasteiger charge is 2.25. The van der Waals surface area contributed by atoms with Crippen LogP contribution in [0.5, 0.6) is 0 Å². The molecular formula is C22H19ClN2O2. The van der Waals surface area contributed by atoms with Crippen LogP contribution in [-0.4, -0.2) is 35.7 Å². The molecule has 1 aromatic carbocycles. The van der Waals surface area contributed by atoms with Crippen LogP contribution in [0.4, 0.5) is 4.79 Å². The van der Waals surface area contributed by atoms with Gasteiger partial charge < -0.3 is 9.64 Å². The molecule has 1 fully saturated rings. The second-order valence-electron chi connectivity index (χ2n) is 6.50. The third-order valence-corrected chi connectivity index (χ3v) is 5.11. The van der Waals surface area contributed by atoms with Crippen molar-refractivity contribution in [2.45, 2.75) is 19.8 Å². The van der Waals surface area contributed by atoms with Crippen molar-refractivity contribution in [1.82, 2.24) is 9.88 Å². The van der Waals surface area contributed by atoms with Gasteiger partial charge in [-0.15, -0.1) is 0 Å². The van der Waals surface area contributed by atoms with Crippen molar-refractivity contribution in [3.8, 4) is 11.8 Å². The van der Waals surface area contributed by atoms with Crippen molar-refractivity contribution in [1.29, 1.82) is 0 Å². The first kappa shape index (κ1) is 17.6. The van der Waals surface area contributed by atoms with Crippen molar-refractivity contribution in [2.75, 3.05) is 19.7 Å². The largest absolute Gasteiger partial charge is 0.450 e. The summed E-state index contributed by atoms with van der Waals surface area (Å²) in [5.74, 6) is 6.47. The molecule has 4 rings (SSSR count). The van der Waals surface area contributed by atoms with E-state index in [4.69, 9.17) is 16.3 Å². The highest BCUT2D eigenvalue weighted by molar-refractivity contribution is 6.30. The zero-order valence-corrected chi connectivity index (χ0v) is 15.8. The lowest BCUT2D eigenvalue weighted by atomic mass is 9.88. The average molecular weight is 379 g/mol. The van der Waals surface area contributed by atoms with E-state index in [1.165, 1.54) is 5.57 Å². The maximum atomic E-state index is 12.0. The molecule has 0 N–H and O–H groups in total. The van der Waals surface area contributed by atoms with Crippen molar-refractivity contribution < 1.29 is 9.53 Å². The Hall–Kier alpha value is -2.77. The number of hydrogen-bond acceptors (Lipinski definition) is 3. The van der Waals surface area contributed by atoms with Crippen LogP contribution in [0.25, 0.3) is 5.57 Å². The lowest BCUT2D eigenvalue weighted by Gasteiger charge is -2.29. The number of pyridine rings is 1. The van der Waals surface area contributed by atoms with Crippen LogP contribution in [0.15, 0.2) is 42.1 Å². The average Bonchev–Trinajstić information content (AvgIpc) is 2.85. The summed E-state index contributed by atoms with van der Waals surface area (Å²) in [5.41, 5.74) is 6.19. The molecule has 2 heterocycles. The van der Waals surface area contributed by atoms with E-state index in [0.29, 0.717) is 24.7 Å². The van der Waals surface area contributed by atoms with Crippen LogP contribution >= 0.6 is 11.6 Å². The van der Waals surface area contributed by atoms with Gasteiger partial charge in [-0.25, -0.2) is 4.79 Å². The number of rotatable bonds is 1. The number of benzene rings is 1. The zero-order chi connectivity index (χ0) is 18.8. The van der Waals surface area contributed by atoms with Gasteiger partial charge in [0.2, 0.25) is 0 Å². The molecule has 5 heteroatoms. The Bertz CT molecular complexity index is 991. The van der Waals surface area contributed by atoms with Gasteiger partial charge in [0.1, 0.15) is 0 Å². The minimum absolute atomic E-state index is 0.239. The van der Waals surface area contributed by atoms with E-state index in [1.54, 1.807) is 11.1 Å². The number of nitrogens with zero attached hydrogens (tertiary/aromatic N) is 2. The van der Waals surface area contributed by atoms with Gasteiger partial charge in [-0.1, -0.05) is 35.1 Å². The summed E-state index contributed by atoms with van der Waals surface area (Å²) < 4.78 is 5.13. The quantitative estimate of drug-likeness (QED) is 0.585. The van der Waals surface area contributed by atoms with E-state index in [2.05, 4.69) is 16.8 Å². The van der Waals surface area contributed by atoms with Crippen molar-refractivity contribution in [3.63, 3.8) is 0 Å². The number of carbonyl (C=O) groups is 1. The molecule has 1 saturated heterocycles. The molecule has 1 aromatic heterocycles. The molecule has 1 aliphatic heterocycles. The monoisotopic (exact) mass is 378 g/mol. The summed E-state index contributed by atoms with van der Waals surface area (Å²) in [5, 5.41) is 0.670. The Labute approximate surface area is 163 Å². The second kappa shape index (κ2) is 7.46. The Morgan fingerprint density at radius 3 is 2.78 bits per heavy atom. The third-order valence-electron chi connectivity index (χ3n) is 4.87. The molecule has 1 aliphatic carbocycles. The molecule has 1 amide bonds. The fourth-order valence-electron chi connectivity index (χ4n) is 3.59. The van der Waals surface area contributed by atoms with Gasteiger partial charge >= 0.3 is 6.09 Å². The van der Waals surface area contributed by atoms with Crippen molar-refractivity contribution in [3.05, 3.63) is 69.5 Å². The first-order chi connectivity index (χ1) is 13.2. The van der Waals surface area contributed by atoms with E-state index in [-0.39, 0.29) is 6.09 Å². The van der Waals surface area contributed by atoms with Gasteiger partial charge in [-0.2, -0.15) is 0 Å². The van der Waals surface area contributed by atoms with Gasteiger partial charge in [0.25, 0.3) is 0 Å².